The van der Waals surface area contributed by atoms with E-state index in [1.807, 2.05) is 31.2 Å². The average Bonchev–Trinajstić information content (AvgIpc) is 2.46. The molecule has 0 fully saturated rings. The van der Waals surface area contributed by atoms with Gasteiger partial charge in [-0.15, -0.1) is 0 Å². The van der Waals surface area contributed by atoms with Crippen LogP contribution in [0.5, 0.6) is 17.2 Å². The van der Waals surface area contributed by atoms with Crippen molar-refractivity contribution < 1.29 is 14.9 Å². The van der Waals surface area contributed by atoms with Crippen LogP contribution < -0.4 is 10.1 Å². The van der Waals surface area contributed by atoms with E-state index in [0.29, 0.717) is 6.61 Å². The Morgan fingerprint density at radius 2 is 1.90 bits per heavy atom. The van der Waals surface area contributed by atoms with Gasteiger partial charge in [0, 0.05) is 11.6 Å². The van der Waals surface area contributed by atoms with Gasteiger partial charge in [-0.1, -0.05) is 19.1 Å². The van der Waals surface area contributed by atoms with Crippen LogP contribution in [0.15, 0.2) is 42.5 Å². The molecular formula is C17H21NO3. The first kappa shape index (κ1) is 15.0. The highest BCUT2D eigenvalue weighted by Crippen LogP contribution is 2.32. The fourth-order valence-corrected chi connectivity index (χ4v) is 2.13. The van der Waals surface area contributed by atoms with Crippen molar-refractivity contribution in [1.29, 1.82) is 0 Å². The van der Waals surface area contributed by atoms with Crippen LogP contribution in [0.25, 0.3) is 0 Å². The maximum Gasteiger partial charge on any atom is 0.142 e. The molecule has 3 N–H and O–H groups in total. The van der Waals surface area contributed by atoms with E-state index in [1.54, 1.807) is 12.1 Å². The zero-order valence-electron chi connectivity index (χ0n) is 12.3. The second-order valence-electron chi connectivity index (χ2n) is 4.95. The number of rotatable bonds is 6. The summed E-state index contributed by atoms with van der Waals surface area (Å²) in [4.78, 5) is 0. The van der Waals surface area contributed by atoms with E-state index in [0.717, 1.165) is 23.4 Å². The molecule has 4 nitrogen and oxygen atoms in total. The number of ether oxygens (including phenoxy) is 1. The minimum Gasteiger partial charge on any atom is -0.508 e. The SMILES string of the molecule is CCCOc1ccccc1NC(C)c1ccc(O)cc1O. The molecule has 0 heterocycles. The molecule has 1 unspecified atom stereocenters. The lowest BCUT2D eigenvalue weighted by atomic mass is 10.1. The highest BCUT2D eigenvalue weighted by Gasteiger charge is 2.13. The first-order valence-electron chi connectivity index (χ1n) is 7.12. The Bertz CT molecular complexity index is 598. The molecule has 0 aliphatic carbocycles. The first-order chi connectivity index (χ1) is 10.1. The number of para-hydroxylation sites is 2. The second kappa shape index (κ2) is 6.88. The number of anilines is 1. The van der Waals surface area contributed by atoms with Crippen LogP contribution in [0.3, 0.4) is 0 Å². The molecule has 2 aromatic carbocycles. The monoisotopic (exact) mass is 287 g/mol. The molecule has 0 spiro atoms. The van der Waals surface area contributed by atoms with E-state index in [4.69, 9.17) is 4.74 Å². The third-order valence-electron chi connectivity index (χ3n) is 3.20. The van der Waals surface area contributed by atoms with E-state index in [-0.39, 0.29) is 17.5 Å². The lowest BCUT2D eigenvalue weighted by molar-refractivity contribution is 0.318. The highest BCUT2D eigenvalue weighted by molar-refractivity contribution is 5.58. The van der Waals surface area contributed by atoms with Gasteiger partial charge in [0.15, 0.2) is 0 Å². The fourth-order valence-electron chi connectivity index (χ4n) is 2.13. The van der Waals surface area contributed by atoms with Crippen molar-refractivity contribution >= 4 is 5.69 Å². The highest BCUT2D eigenvalue weighted by atomic mass is 16.5. The van der Waals surface area contributed by atoms with Gasteiger partial charge < -0.3 is 20.3 Å². The smallest absolute Gasteiger partial charge is 0.142 e. The summed E-state index contributed by atoms with van der Waals surface area (Å²) in [5.41, 5.74) is 1.60. The summed E-state index contributed by atoms with van der Waals surface area (Å²) in [5.74, 6) is 0.918. The predicted molar refractivity (Wildman–Crippen MR) is 84.0 cm³/mol. The van der Waals surface area contributed by atoms with Crippen molar-refractivity contribution in [1.82, 2.24) is 0 Å². The van der Waals surface area contributed by atoms with Crippen LogP contribution in [0.1, 0.15) is 31.9 Å². The Morgan fingerprint density at radius 1 is 1.14 bits per heavy atom. The molecule has 0 radical (unpaired) electrons. The fraction of sp³-hybridized carbons (Fsp3) is 0.294. The van der Waals surface area contributed by atoms with E-state index < -0.39 is 0 Å². The molecule has 0 aliphatic rings. The van der Waals surface area contributed by atoms with Gasteiger partial charge >= 0.3 is 0 Å². The normalized spacial score (nSPS) is 11.9. The van der Waals surface area contributed by atoms with E-state index in [9.17, 15) is 10.2 Å². The van der Waals surface area contributed by atoms with Crippen molar-refractivity contribution in [3.8, 4) is 17.2 Å². The molecule has 2 rings (SSSR count). The number of hydrogen-bond acceptors (Lipinski definition) is 4. The number of aromatic hydroxyl groups is 2. The van der Waals surface area contributed by atoms with Crippen LogP contribution in [0.2, 0.25) is 0 Å². The average molecular weight is 287 g/mol. The maximum absolute atomic E-state index is 9.92. The topological polar surface area (TPSA) is 61.7 Å². The van der Waals surface area contributed by atoms with E-state index >= 15 is 0 Å². The number of hydrogen-bond donors (Lipinski definition) is 3. The summed E-state index contributed by atoms with van der Waals surface area (Å²) in [7, 11) is 0. The Labute approximate surface area is 125 Å². The molecule has 0 bridgehead atoms. The Balaban J connectivity index is 2.17. The summed E-state index contributed by atoms with van der Waals surface area (Å²) >= 11 is 0. The summed E-state index contributed by atoms with van der Waals surface area (Å²) in [6.45, 7) is 4.67. The van der Waals surface area contributed by atoms with Gasteiger partial charge in [0.25, 0.3) is 0 Å². The van der Waals surface area contributed by atoms with Crippen LogP contribution in [0, 0.1) is 0 Å². The van der Waals surface area contributed by atoms with Gasteiger partial charge in [-0.2, -0.15) is 0 Å². The summed E-state index contributed by atoms with van der Waals surface area (Å²) in [6, 6.07) is 12.2. The Hall–Kier alpha value is -2.36. The zero-order chi connectivity index (χ0) is 15.2. The van der Waals surface area contributed by atoms with Crippen molar-refractivity contribution in [3.63, 3.8) is 0 Å². The first-order valence-corrected chi connectivity index (χ1v) is 7.12. The molecule has 4 heteroatoms. The largest absolute Gasteiger partial charge is 0.508 e. The van der Waals surface area contributed by atoms with Crippen molar-refractivity contribution in [2.24, 2.45) is 0 Å². The van der Waals surface area contributed by atoms with Gasteiger partial charge in [0.05, 0.1) is 18.3 Å². The van der Waals surface area contributed by atoms with Crippen LogP contribution in [-0.4, -0.2) is 16.8 Å². The van der Waals surface area contributed by atoms with Gasteiger partial charge in [-0.25, -0.2) is 0 Å². The number of nitrogens with one attached hydrogen (secondary N) is 1. The Kier molecular flexibility index (Phi) is 4.93. The minimum absolute atomic E-state index is 0.0510. The number of benzene rings is 2. The van der Waals surface area contributed by atoms with Crippen LogP contribution in [-0.2, 0) is 0 Å². The van der Waals surface area contributed by atoms with Crippen molar-refractivity contribution in [3.05, 3.63) is 48.0 Å². The molecule has 21 heavy (non-hydrogen) atoms. The molecule has 0 aliphatic heterocycles. The molecule has 112 valence electrons. The molecule has 0 saturated carbocycles. The van der Waals surface area contributed by atoms with Gasteiger partial charge in [-0.3, -0.25) is 0 Å². The van der Waals surface area contributed by atoms with Crippen molar-refractivity contribution in [2.45, 2.75) is 26.3 Å². The van der Waals surface area contributed by atoms with Crippen molar-refractivity contribution in [2.75, 3.05) is 11.9 Å². The summed E-state index contributed by atoms with van der Waals surface area (Å²) in [5, 5.41) is 22.6. The lowest BCUT2D eigenvalue weighted by Crippen LogP contribution is -2.08. The third kappa shape index (κ3) is 3.81. The van der Waals surface area contributed by atoms with Gasteiger partial charge in [0.1, 0.15) is 17.2 Å². The molecule has 2 aromatic rings. The standard InChI is InChI=1S/C17H21NO3/c1-3-10-21-17-7-5-4-6-15(17)18-12(2)14-9-8-13(19)11-16(14)20/h4-9,11-12,18-20H,3,10H2,1-2H3. The third-order valence-corrected chi connectivity index (χ3v) is 3.20. The minimum atomic E-state index is -0.114. The molecule has 0 amide bonds. The lowest BCUT2D eigenvalue weighted by Gasteiger charge is -2.19. The van der Waals surface area contributed by atoms with E-state index in [1.165, 1.54) is 6.07 Å². The number of phenols is 2. The van der Waals surface area contributed by atoms with Gasteiger partial charge in [-0.05, 0) is 37.6 Å². The zero-order valence-corrected chi connectivity index (χ0v) is 12.3. The maximum atomic E-state index is 9.92. The second-order valence-corrected chi connectivity index (χ2v) is 4.95. The molecule has 1 atom stereocenters. The summed E-state index contributed by atoms with van der Waals surface area (Å²) < 4.78 is 5.71. The molecular weight excluding hydrogens is 266 g/mol. The summed E-state index contributed by atoms with van der Waals surface area (Å²) in [6.07, 6.45) is 0.947. The van der Waals surface area contributed by atoms with Crippen LogP contribution >= 0.6 is 0 Å². The molecule has 0 aromatic heterocycles. The number of phenolic OH excluding ortho intramolecular Hbond substituents is 2. The van der Waals surface area contributed by atoms with E-state index in [2.05, 4.69) is 12.2 Å². The molecule has 0 saturated heterocycles. The predicted octanol–water partition coefficient (Wildman–Crippen LogP) is 4.06. The van der Waals surface area contributed by atoms with Gasteiger partial charge in [0.2, 0.25) is 0 Å². The Morgan fingerprint density at radius 3 is 2.62 bits per heavy atom. The van der Waals surface area contributed by atoms with Crippen LogP contribution in [0.4, 0.5) is 5.69 Å². The quantitative estimate of drug-likeness (QED) is 0.749.